The first-order valence-corrected chi connectivity index (χ1v) is 6.72. The lowest BCUT2D eigenvalue weighted by molar-refractivity contribution is 0.0982. The Morgan fingerprint density at radius 2 is 1.63 bits per heavy atom. The van der Waals surface area contributed by atoms with Crippen LogP contribution in [0.25, 0.3) is 0 Å². The van der Waals surface area contributed by atoms with Crippen molar-refractivity contribution in [3.63, 3.8) is 0 Å². The summed E-state index contributed by atoms with van der Waals surface area (Å²) in [6, 6.07) is 15.5. The van der Waals surface area contributed by atoms with Gasteiger partial charge in [-0.1, -0.05) is 18.2 Å². The van der Waals surface area contributed by atoms with Gasteiger partial charge >= 0.3 is 0 Å². The monoisotopic (exact) mass is 252 g/mol. The van der Waals surface area contributed by atoms with Crippen LogP contribution in [-0.4, -0.2) is 5.78 Å². The molecule has 0 aliphatic heterocycles. The lowest BCUT2D eigenvalue weighted by Gasteiger charge is -2.09. The van der Waals surface area contributed by atoms with Gasteiger partial charge in [-0.15, -0.1) is 0 Å². The average Bonchev–Trinajstić information content (AvgIpc) is 2.62. The standard InChI is InChI=1S/C17H16O2/c18-17-9-5-4-6-13-12-15(10-11-16(13)17)19-14-7-2-1-3-8-14/h1-3,7-8,10-12H,4-6,9H2. The molecular formula is C17H16O2. The minimum atomic E-state index is 0.263. The molecule has 0 spiro atoms. The second kappa shape index (κ2) is 5.27. The van der Waals surface area contributed by atoms with Gasteiger partial charge in [0.05, 0.1) is 0 Å². The largest absolute Gasteiger partial charge is 0.457 e. The van der Waals surface area contributed by atoms with Crippen LogP contribution in [0.5, 0.6) is 11.5 Å². The molecule has 2 aromatic carbocycles. The maximum Gasteiger partial charge on any atom is 0.163 e. The van der Waals surface area contributed by atoms with Crippen molar-refractivity contribution >= 4 is 5.78 Å². The minimum Gasteiger partial charge on any atom is -0.457 e. The van der Waals surface area contributed by atoms with Gasteiger partial charge in [-0.05, 0) is 55.2 Å². The number of hydrogen-bond acceptors (Lipinski definition) is 2. The second-order valence-electron chi connectivity index (χ2n) is 4.86. The van der Waals surface area contributed by atoms with E-state index in [1.807, 2.05) is 48.5 Å². The summed E-state index contributed by atoms with van der Waals surface area (Å²) < 4.78 is 5.81. The summed E-state index contributed by atoms with van der Waals surface area (Å²) in [4.78, 5) is 11.9. The van der Waals surface area contributed by atoms with Crippen molar-refractivity contribution in [3.8, 4) is 11.5 Å². The van der Waals surface area contributed by atoms with Crippen LogP contribution in [0.3, 0.4) is 0 Å². The van der Waals surface area contributed by atoms with Crippen LogP contribution < -0.4 is 4.74 Å². The zero-order chi connectivity index (χ0) is 13.1. The molecule has 1 aliphatic rings. The van der Waals surface area contributed by atoms with Gasteiger partial charge in [0.2, 0.25) is 0 Å². The van der Waals surface area contributed by atoms with E-state index in [9.17, 15) is 4.79 Å². The fraction of sp³-hybridized carbons (Fsp3) is 0.235. The molecule has 0 unspecified atom stereocenters. The maximum absolute atomic E-state index is 11.9. The molecule has 0 radical (unpaired) electrons. The molecule has 19 heavy (non-hydrogen) atoms. The summed E-state index contributed by atoms with van der Waals surface area (Å²) in [6.45, 7) is 0. The van der Waals surface area contributed by atoms with E-state index in [2.05, 4.69) is 0 Å². The van der Waals surface area contributed by atoms with Gasteiger partial charge in [-0.3, -0.25) is 4.79 Å². The van der Waals surface area contributed by atoms with Gasteiger partial charge in [-0.2, -0.15) is 0 Å². The summed E-state index contributed by atoms with van der Waals surface area (Å²) in [5.41, 5.74) is 1.99. The number of ketones is 1. The molecule has 0 heterocycles. The lowest BCUT2D eigenvalue weighted by Crippen LogP contribution is -2.00. The highest BCUT2D eigenvalue weighted by Gasteiger charge is 2.15. The highest BCUT2D eigenvalue weighted by Crippen LogP contribution is 2.27. The number of Topliss-reactive ketones (excluding diaryl/α,β-unsaturated/α-hetero) is 1. The van der Waals surface area contributed by atoms with Gasteiger partial charge in [0.1, 0.15) is 11.5 Å². The molecule has 0 N–H and O–H groups in total. The molecule has 0 saturated carbocycles. The van der Waals surface area contributed by atoms with E-state index in [1.165, 1.54) is 0 Å². The van der Waals surface area contributed by atoms with Crippen molar-refractivity contribution in [2.75, 3.05) is 0 Å². The molecule has 1 aliphatic carbocycles. The van der Waals surface area contributed by atoms with Crippen molar-refractivity contribution in [2.24, 2.45) is 0 Å². The number of ether oxygens (including phenoxy) is 1. The van der Waals surface area contributed by atoms with Crippen LogP contribution in [-0.2, 0) is 6.42 Å². The third kappa shape index (κ3) is 2.68. The zero-order valence-electron chi connectivity index (χ0n) is 10.8. The topological polar surface area (TPSA) is 26.3 Å². The van der Waals surface area contributed by atoms with E-state index >= 15 is 0 Å². The summed E-state index contributed by atoms with van der Waals surface area (Å²) in [5, 5.41) is 0. The number of rotatable bonds is 2. The predicted octanol–water partition coefficient (Wildman–Crippen LogP) is 4.39. The first-order valence-electron chi connectivity index (χ1n) is 6.72. The normalized spacial score (nSPS) is 14.6. The molecule has 96 valence electrons. The zero-order valence-corrected chi connectivity index (χ0v) is 10.8. The smallest absolute Gasteiger partial charge is 0.163 e. The third-order valence-corrected chi connectivity index (χ3v) is 3.46. The SMILES string of the molecule is O=C1CCCCc2cc(Oc3ccccc3)ccc21. The van der Waals surface area contributed by atoms with Crippen molar-refractivity contribution in [2.45, 2.75) is 25.7 Å². The number of benzene rings is 2. The van der Waals surface area contributed by atoms with Crippen molar-refractivity contribution in [1.82, 2.24) is 0 Å². The molecular weight excluding hydrogens is 236 g/mol. The van der Waals surface area contributed by atoms with E-state index in [0.717, 1.165) is 41.9 Å². The van der Waals surface area contributed by atoms with Gasteiger partial charge in [-0.25, -0.2) is 0 Å². The van der Waals surface area contributed by atoms with Gasteiger partial charge < -0.3 is 4.74 Å². The Labute approximate surface area is 113 Å². The summed E-state index contributed by atoms with van der Waals surface area (Å²) in [7, 11) is 0. The Hall–Kier alpha value is -2.09. The number of para-hydroxylation sites is 1. The molecule has 0 amide bonds. The van der Waals surface area contributed by atoms with Crippen molar-refractivity contribution in [1.29, 1.82) is 0 Å². The van der Waals surface area contributed by atoms with E-state index in [-0.39, 0.29) is 5.78 Å². The fourth-order valence-corrected chi connectivity index (χ4v) is 2.47. The number of carbonyl (C=O) groups excluding carboxylic acids is 1. The van der Waals surface area contributed by atoms with Crippen molar-refractivity contribution in [3.05, 3.63) is 59.7 Å². The fourth-order valence-electron chi connectivity index (χ4n) is 2.47. The lowest BCUT2D eigenvalue weighted by atomic mass is 10.0. The van der Waals surface area contributed by atoms with E-state index in [4.69, 9.17) is 4.74 Å². The molecule has 2 aromatic rings. The molecule has 0 aromatic heterocycles. The average molecular weight is 252 g/mol. The quantitative estimate of drug-likeness (QED) is 0.741. The number of carbonyl (C=O) groups is 1. The Morgan fingerprint density at radius 1 is 0.842 bits per heavy atom. The summed E-state index contributed by atoms with van der Waals surface area (Å²) in [5.74, 6) is 1.89. The molecule has 0 saturated heterocycles. The van der Waals surface area contributed by atoms with Crippen molar-refractivity contribution < 1.29 is 9.53 Å². The Morgan fingerprint density at radius 3 is 2.47 bits per heavy atom. The second-order valence-corrected chi connectivity index (χ2v) is 4.86. The van der Waals surface area contributed by atoms with Crippen LogP contribution in [0.1, 0.15) is 35.2 Å². The molecule has 3 rings (SSSR count). The van der Waals surface area contributed by atoms with E-state index in [0.29, 0.717) is 6.42 Å². The molecule has 2 heteroatoms. The summed E-state index contributed by atoms with van der Waals surface area (Å²) >= 11 is 0. The van der Waals surface area contributed by atoms with Gasteiger partial charge in [0.25, 0.3) is 0 Å². The number of hydrogen-bond donors (Lipinski definition) is 0. The van der Waals surface area contributed by atoms with E-state index < -0.39 is 0 Å². The van der Waals surface area contributed by atoms with Gasteiger partial charge in [0, 0.05) is 12.0 Å². The summed E-state index contributed by atoms with van der Waals surface area (Å²) in [6.07, 6.45) is 3.70. The van der Waals surface area contributed by atoms with Crippen LogP contribution in [0.2, 0.25) is 0 Å². The Bertz CT molecular complexity index is 587. The number of fused-ring (bicyclic) bond motifs is 1. The first-order chi connectivity index (χ1) is 9.33. The molecule has 0 atom stereocenters. The first kappa shape index (κ1) is 12.0. The highest BCUT2D eigenvalue weighted by atomic mass is 16.5. The van der Waals surface area contributed by atoms with Crippen LogP contribution in [0.4, 0.5) is 0 Å². The minimum absolute atomic E-state index is 0.263. The number of aryl methyl sites for hydroxylation is 1. The molecule has 2 nitrogen and oxygen atoms in total. The Kier molecular flexibility index (Phi) is 3.32. The third-order valence-electron chi connectivity index (χ3n) is 3.46. The highest BCUT2D eigenvalue weighted by molar-refractivity contribution is 5.97. The van der Waals surface area contributed by atoms with E-state index in [1.54, 1.807) is 0 Å². The Balaban J connectivity index is 1.89. The molecule has 0 fully saturated rings. The van der Waals surface area contributed by atoms with Crippen LogP contribution >= 0.6 is 0 Å². The van der Waals surface area contributed by atoms with Crippen LogP contribution in [0, 0.1) is 0 Å². The van der Waals surface area contributed by atoms with Crippen LogP contribution in [0.15, 0.2) is 48.5 Å². The predicted molar refractivity (Wildman–Crippen MR) is 74.8 cm³/mol. The van der Waals surface area contributed by atoms with Gasteiger partial charge in [0.15, 0.2) is 5.78 Å². The maximum atomic E-state index is 11.9. The molecule has 0 bridgehead atoms.